The molecule has 112 valence electrons. The van der Waals surface area contributed by atoms with Crippen LogP contribution in [0.3, 0.4) is 0 Å². The van der Waals surface area contributed by atoms with Gasteiger partial charge in [-0.25, -0.2) is 4.39 Å². The lowest BCUT2D eigenvalue weighted by Crippen LogP contribution is -2.42. The highest BCUT2D eigenvalue weighted by Gasteiger charge is 2.25. The summed E-state index contributed by atoms with van der Waals surface area (Å²) in [4.78, 5) is 0. The molecular weight excluding hydrogens is 253 g/mol. The molecule has 2 unspecified atom stereocenters. The van der Waals surface area contributed by atoms with Gasteiger partial charge in [0, 0.05) is 6.04 Å². The minimum Gasteiger partial charge on any atom is -0.489 e. The van der Waals surface area contributed by atoms with Crippen molar-refractivity contribution in [2.24, 2.45) is 0 Å². The molecule has 2 atom stereocenters. The van der Waals surface area contributed by atoms with Gasteiger partial charge in [0.05, 0.1) is 0 Å². The van der Waals surface area contributed by atoms with Gasteiger partial charge in [0.2, 0.25) is 0 Å². The van der Waals surface area contributed by atoms with E-state index in [9.17, 15) is 4.39 Å². The third-order valence-corrected chi connectivity index (χ3v) is 4.02. The van der Waals surface area contributed by atoms with Crippen molar-refractivity contribution in [1.82, 2.24) is 5.32 Å². The molecule has 0 saturated heterocycles. The summed E-state index contributed by atoms with van der Waals surface area (Å²) in [6.07, 6.45) is 7.36. The summed E-state index contributed by atoms with van der Waals surface area (Å²) in [5.41, 5.74) is 0.878. The van der Waals surface area contributed by atoms with Gasteiger partial charge in [-0.2, -0.15) is 0 Å². The van der Waals surface area contributed by atoms with E-state index in [1.54, 1.807) is 12.1 Å². The van der Waals surface area contributed by atoms with Gasteiger partial charge in [-0.05, 0) is 62.9 Å². The van der Waals surface area contributed by atoms with E-state index in [2.05, 4.69) is 12.2 Å². The number of halogens is 1. The summed E-state index contributed by atoms with van der Waals surface area (Å²) in [5.74, 6) is 0.623. The molecule has 0 aromatic heterocycles. The molecule has 1 aliphatic rings. The van der Waals surface area contributed by atoms with Crippen LogP contribution in [-0.2, 0) is 0 Å². The summed E-state index contributed by atoms with van der Waals surface area (Å²) in [6.45, 7) is 5.13. The third kappa shape index (κ3) is 4.20. The molecule has 1 aliphatic carbocycles. The normalized spacial score (nSPS) is 23.4. The first kappa shape index (κ1) is 15.3. The zero-order chi connectivity index (χ0) is 14.4. The van der Waals surface area contributed by atoms with Crippen molar-refractivity contribution >= 4 is 0 Å². The molecule has 1 N–H and O–H groups in total. The molecule has 0 radical (unpaired) electrons. The van der Waals surface area contributed by atoms with E-state index in [-0.39, 0.29) is 11.9 Å². The number of nitrogens with one attached hydrogen (secondary N) is 1. The van der Waals surface area contributed by atoms with Crippen molar-refractivity contribution in [2.75, 3.05) is 6.54 Å². The van der Waals surface area contributed by atoms with Gasteiger partial charge in [0.15, 0.2) is 0 Å². The van der Waals surface area contributed by atoms with Crippen LogP contribution >= 0.6 is 0 Å². The van der Waals surface area contributed by atoms with Gasteiger partial charge >= 0.3 is 0 Å². The maximum atomic E-state index is 13.2. The van der Waals surface area contributed by atoms with Gasteiger partial charge in [0.1, 0.15) is 17.7 Å². The van der Waals surface area contributed by atoms with Crippen molar-refractivity contribution in [2.45, 2.75) is 64.5 Å². The Morgan fingerprint density at radius 1 is 1.25 bits per heavy atom. The predicted molar refractivity (Wildman–Crippen MR) is 80.7 cm³/mol. The van der Waals surface area contributed by atoms with E-state index in [1.807, 2.05) is 6.92 Å². The summed E-state index contributed by atoms with van der Waals surface area (Å²) in [5, 5.41) is 3.61. The maximum Gasteiger partial charge on any atom is 0.123 e. The summed E-state index contributed by atoms with van der Waals surface area (Å²) in [7, 11) is 0. The van der Waals surface area contributed by atoms with Crippen molar-refractivity contribution in [3.63, 3.8) is 0 Å². The number of rotatable bonds is 5. The molecule has 1 aromatic carbocycles. The smallest absolute Gasteiger partial charge is 0.123 e. The van der Waals surface area contributed by atoms with E-state index in [0.717, 1.165) is 30.7 Å². The highest BCUT2D eigenvalue weighted by Crippen LogP contribution is 2.26. The molecular formula is C17H26FNO. The Bertz CT molecular complexity index is 421. The number of benzene rings is 1. The zero-order valence-electron chi connectivity index (χ0n) is 12.6. The highest BCUT2D eigenvalue weighted by atomic mass is 19.1. The SMILES string of the molecule is CCCNC1CCCCCC1Oc1ccc(F)cc1C. The van der Waals surface area contributed by atoms with Crippen LogP contribution in [0.1, 0.15) is 51.0 Å². The minimum absolute atomic E-state index is 0.198. The lowest BCUT2D eigenvalue weighted by molar-refractivity contribution is 0.143. The average molecular weight is 279 g/mol. The zero-order valence-corrected chi connectivity index (χ0v) is 12.6. The molecule has 0 spiro atoms. The van der Waals surface area contributed by atoms with Crippen LogP contribution in [0.5, 0.6) is 5.75 Å². The molecule has 0 amide bonds. The second-order valence-corrected chi connectivity index (χ2v) is 5.76. The second kappa shape index (κ2) is 7.63. The number of hydrogen-bond acceptors (Lipinski definition) is 2. The fraction of sp³-hybridized carbons (Fsp3) is 0.647. The van der Waals surface area contributed by atoms with E-state index < -0.39 is 0 Å². The Labute approximate surface area is 121 Å². The van der Waals surface area contributed by atoms with Crippen molar-refractivity contribution < 1.29 is 9.13 Å². The molecule has 3 heteroatoms. The van der Waals surface area contributed by atoms with Crippen LogP contribution in [0.25, 0.3) is 0 Å². The van der Waals surface area contributed by atoms with Crippen molar-refractivity contribution in [1.29, 1.82) is 0 Å². The monoisotopic (exact) mass is 279 g/mol. The third-order valence-electron chi connectivity index (χ3n) is 4.02. The van der Waals surface area contributed by atoms with E-state index in [4.69, 9.17) is 4.74 Å². The maximum absolute atomic E-state index is 13.2. The average Bonchev–Trinajstić information content (AvgIpc) is 2.65. The standard InChI is InChI=1S/C17H26FNO/c1-3-11-19-15-7-5-4-6-8-17(15)20-16-10-9-14(18)12-13(16)2/h9-10,12,15,17,19H,3-8,11H2,1-2H3. The quantitative estimate of drug-likeness (QED) is 0.815. The molecule has 2 rings (SSSR count). The Morgan fingerprint density at radius 3 is 2.80 bits per heavy atom. The first-order valence-electron chi connectivity index (χ1n) is 7.87. The second-order valence-electron chi connectivity index (χ2n) is 5.76. The number of hydrogen-bond donors (Lipinski definition) is 1. The fourth-order valence-corrected chi connectivity index (χ4v) is 2.89. The highest BCUT2D eigenvalue weighted by molar-refractivity contribution is 5.32. The summed E-state index contributed by atoms with van der Waals surface area (Å²) in [6, 6.07) is 5.20. The van der Waals surface area contributed by atoms with Crippen LogP contribution in [0, 0.1) is 12.7 Å². The van der Waals surface area contributed by atoms with Crippen molar-refractivity contribution in [3.05, 3.63) is 29.6 Å². The number of aryl methyl sites for hydroxylation is 1. The van der Waals surface area contributed by atoms with Crippen LogP contribution in [0.2, 0.25) is 0 Å². The van der Waals surface area contributed by atoms with Crippen molar-refractivity contribution in [3.8, 4) is 5.75 Å². The first-order valence-corrected chi connectivity index (χ1v) is 7.87. The van der Waals surface area contributed by atoms with Crippen LogP contribution in [-0.4, -0.2) is 18.7 Å². The Balaban J connectivity index is 2.06. The van der Waals surface area contributed by atoms with Gasteiger partial charge < -0.3 is 10.1 Å². The first-order chi connectivity index (χ1) is 9.70. The Morgan fingerprint density at radius 2 is 2.05 bits per heavy atom. The Kier molecular flexibility index (Phi) is 5.84. The fourth-order valence-electron chi connectivity index (χ4n) is 2.89. The lowest BCUT2D eigenvalue weighted by Gasteiger charge is -2.27. The molecule has 0 aliphatic heterocycles. The van der Waals surface area contributed by atoms with Crippen LogP contribution < -0.4 is 10.1 Å². The summed E-state index contributed by atoms with van der Waals surface area (Å²) < 4.78 is 19.4. The minimum atomic E-state index is -0.198. The Hall–Kier alpha value is -1.09. The van der Waals surface area contributed by atoms with E-state index >= 15 is 0 Å². The van der Waals surface area contributed by atoms with E-state index in [1.165, 1.54) is 31.7 Å². The molecule has 1 saturated carbocycles. The van der Waals surface area contributed by atoms with Gasteiger partial charge in [0.25, 0.3) is 0 Å². The lowest BCUT2D eigenvalue weighted by atomic mass is 10.1. The number of ether oxygens (including phenoxy) is 1. The predicted octanol–water partition coefficient (Wildman–Crippen LogP) is 4.21. The van der Waals surface area contributed by atoms with Gasteiger partial charge in [-0.15, -0.1) is 0 Å². The van der Waals surface area contributed by atoms with Crippen LogP contribution in [0.15, 0.2) is 18.2 Å². The summed E-state index contributed by atoms with van der Waals surface area (Å²) >= 11 is 0. The molecule has 1 fully saturated rings. The topological polar surface area (TPSA) is 21.3 Å². The van der Waals surface area contributed by atoms with E-state index in [0.29, 0.717) is 6.04 Å². The van der Waals surface area contributed by atoms with Gasteiger partial charge in [-0.1, -0.05) is 19.8 Å². The molecule has 0 heterocycles. The van der Waals surface area contributed by atoms with Gasteiger partial charge in [-0.3, -0.25) is 0 Å². The molecule has 20 heavy (non-hydrogen) atoms. The largest absolute Gasteiger partial charge is 0.489 e. The molecule has 1 aromatic rings. The van der Waals surface area contributed by atoms with Crippen LogP contribution in [0.4, 0.5) is 4.39 Å². The molecule has 0 bridgehead atoms. The molecule has 2 nitrogen and oxygen atoms in total.